The van der Waals surface area contributed by atoms with Gasteiger partial charge >= 0.3 is 0 Å². The second-order valence-corrected chi connectivity index (χ2v) is 5.43. The summed E-state index contributed by atoms with van der Waals surface area (Å²) in [6.45, 7) is 3.78. The molecule has 22 heavy (non-hydrogen) atoms. The number of anilines is 1. The number of carbonyl (C=O) groups excluding carboxylic acids is 1. The summed E-state index contributed by atoms with van der Waals surface area (Å²) in [5.74, 6) is 0.200. The molecule has 1 aliphatic rings. The zero-order chi connectivity index (χ0) is 14.7. The van der Waals surface area contributed by atoms with Crippen LogP contribution in [0.5, 0.6) is 0 Å². The monoisotopic (exact) mass is 320 g/mol. The molecule has 1 aromatic heterocycles. The van der Waals surface area contributed by atoms with Gasteiger partial charge in [0, 0.05) is 12.1 Å². The Morgan fingerprint density at radius 2 is 2.00 bits per heavy atom. The molecule has 2 aromatic rings. The molecule has 5 nitrogen and oxygen atoms in total. The highest BCUT2D eigenvalue weighted by Crippen LogP contribution is 2.22. The molecule has 118 valence electrons. The van der Waals surface area contributed by atoms with E-state index >= 15 is 0 Å². The largest absolute Gasteiger partial charge is 0.324 e. The van der Waals surface area contributed by atoms with Crippen molar-refractivity contribution in [2.75, 3.05) is 18.4 Å². The van der Waals surface area contributed by atoms with Crippen LogP contribution < -0.4 is 10.6 Å². The van der Waals surface area contributed by atoms with Crippen LogP contribution in [-0.4, -0.2) is 28.8 Å². The second kappa shape index (κ2) is 7.42. The van der Waals surface area contributed by atoms with E-state index in [2.05, 4.69) is 15.7 Å². The molecule has 2 heterocycles. The molecule has 1 saturated heterocycles. The first-order chi connectivity index (χ1) is 10.2. The summed E-state index contributed by atoms with van der Waals surface area (Å²) < 4.78 is 1.80. The van der Waals surface area contributed by atoms with Crippen molar-refractivity contribution < 1.29 is 4.79 Å². The standard InChI is InChI=1S/C16H20N4O.ClH/c1-12-8-11-20(19-12)15-5-3-2-4-14(15)18-16(21)13-6-9-17-10-7-13;/h2-5,8,11,13,17H,6-7,9-10H2,1H3,(H,18,21);1H. The summed E-state index contributed by atoms with van der Waals surface area (Å²) in [4.78, 5) is 12.4. The van der Waals surface area contributed by atoms with E-state index in [4.69, 9.17) is 0 Å². The lowest BCUT2D eigenvalue weighted by atomic mass is 9.97. The minimum absolute atomic E-state index is 0. The van der Waals surface area contributed by atoms with Gasteiger partial charge in [-0.1, -0.05) is 12.1 Å². The SMILES string of the molecule is Cc1ccn(-c2ccccc2NC(=O)C2CCNCC2)n1.Cl. The Bertz CT molecular complexity index is 635. The molecule has 2 N–H and O–H groups in total. The number of nitrogens with one attached hydrogen (secondary N) is 2. The fraction of sp³-hybridized carbons (Fsp3) is 0.375. The van der Waals surface area contributed by atoms with Gasteiger partial charge in [-0.05, 0) is 51.1 Å². The molecule has 0 atom stereocenters. The number of rotatable bonds is 3. The molecule has 0 aliphatic carbocycles. The van der Waals surface area contributed by atoms with Gasteiger partial charge in [-0.15, -0.1) is 12.4 Å². The van der Waals surface area contributed by atoms with E-state index in [1.54, 1.807) is 4.68 Å². The van der Waals surface area contributed by atoms with Crippen LogP contribution in [0.1, 0.15) is 18.5 Å². The molecule has 3 rings (SSSR count). The van der Waals surface area contributed by atoms with Crippen LogP contribution in [0.2, 0.25) is 0 Å². The maximum atomic E-state index is 12.4. The quantitative estimate of drug-likeness (QED) is 0.913. The van der Waals surface area contributed by atoms with Crippen LogP contribution in [0.4, 0.5) is 5.69 Å². The van der Waals surface area contributed by atoms with Crippen molar-refractivity contribution >= 4 is 24.0 Å². The fourth-order valence-corrected chi connectivity index (χ4v) is 2.65. The van der Waals surface area contributed by atoms with Crippen molar-refractivity contribution in [3.63, 3.8) is 0 Å². The number of hydrogen-bond donors (Lipinski definition) is 2. The number of halogens is 1. The molecular weight excluding hydrogens is 300 g/mol. The van der Waals surface area contributed by atoms with Crippen molar-refractivity contribution in [3.05, 3.63) is 42.2 Å². The van der Waals surface area contributed by atoms with E-state index < -0.39 is 0 Å². The molecule has 1 aromatic carbocycles. The van der Waals surface area contributed by atoms with Crippen LogP contribution in [0, 0.1) is 12.8 Å². The minimum atomic E-state index is 0. The number of piperidine rings is 1. The second-order valence-electron chi connectivity index (χ2n) is 5.43. The van der Waals surface area contributed by atoms with Crippen molar-refractivity contribution in [1.29, 1.82) is 0 Å². The number of hydrogen-bond acceptors (Lipinski definition) is 3. The average molecular weight is 321 g/mol. The van der Waals surface area contributed by atoms with Crippen LogP contribution in [-0.2, 0) is 4.79 Å². The average Bonchev–Trinajstić information content (AvgIpc) is 2.95. The number of nitrogens with zero attached hydrogens (tertiary/aromatic N) is 2. The maximum Gasteiger partial charge on any atom is 0.227 e. The fourth-order valence-electron chi connectivity index (χ4n) is 2.65. The van der Waals surface area contributed by atoms with Gasteiger partial charge in [-0.2, -0.15) is 5.10 Å². The summed E-state index contributed by atoms with van der Waals surface area (Å²) in [6, 6.07) is 9.71. The lowest BCUT2D eigenvalue weighted by molar-refractivity contribution is -0.120. The van der Waals surface area contributed by atoms with E-state index in [0.717, 1.165) is 43.0 Å². The molecule has 0 saturated carbocycles. The predicted octanol–water partition coefficient (Wildman–Crippen LogP) is 2.54. The van der Waals surface area contributed by atoms with Gasteiger partial charge in [0.1, 0.15) is 0 Å². The third kappa shape index (κ3) is 3.67. The normalized spacial score (nSPS) is 15.1. The highest BCUT2D eigenvalue weighted by molar-refractivity contribution is 5.94. The minimum Gasteiger partial charge on any atom is -0.324 e. The Morgan fingerprint density at radius 3 is 2.68 bits per heavy atom. The van der Waals surface area contributed by atoms with Crippen LogP contribution in [0.25, 0.3) is 5.69 Å². The molecule has 1 amide bonds. The van der Waals surface area contributed by atoms with Gasteiger partial charge in [0.25, 0.3) is 0 Å². The number of aryl methyl sites for hydroxylation is 1. The van der Waals surface area contributed by atoms with E-state index in [-0.39, 0.29) is 24.2 Å². The first kappa shape index (κ1) is 16.5. The number of para-hydroxylation sites is 2. The van der Waals surface area contributed by atoms with E-state index in [0.29, 0.717) is 0 Å². The van der Waals surface area contributed by atoms with Crippen LogP contribution >= 0.6 is 12.4 Å². The summed E-state index contributed by atoms with van der Waals surface area (Å²) in [5.41, 5.74) is 2.66. The molecule has 1 aliphatic heterocycles. The highest BCUT2D eigenvalue weighted by atomic mass is 35.5. The Labute approximate surface area is 136 Å². The third-order valence-electron chi connectivity index (χ3n) is 3.84. The van der Waals surface area contributed by atoms with E-state index in [1.165, 1.54) is 0 Å². The Kier molecular flexibility index (Phi) is 5.57. The van der Waals surface area contributed by atoms with Gasteiger partial charge in [0.15, 0.2) is 0 Å². The topological polar surface area (TPSA) is 59.0 Å². The van der Waals surface area contributed by atoms with Gasteiger partial charge in [0.2, 0.25) is 5.91 Å². The zero-order valence-corrected chi connectivity index (χ0v) is 13.4. The summed E-state index contributed by atoms with van der Waals surface area (Å²) in [6.07, 6.45) is 3.70. The van der Waals surface area contributed by atoms with Crippen LogP contribution in [0.3, 0.4) is 0 Å². The number of aromatic nitrogens is 2. The van der Waals surface area contributed by atoms with Crippen LogP contribution in [0.15, 0.2) is 36.5 Å². The van der Waals surface area contributed by atoms with Crippen molar-refractivity contribution in [3.8, 4) is 5.69 Å². The Balaban J connectivity index is 0.00000176. The van der Waals surface area contributed by atoms with E-state index in [9.17, 15) is 4.79 Å². The molecule has 0 spiro atoms. The summed E-state index contributed by atoms with van der Waals surface area (Å²) in [5, 5.41) is 10.8. The van der Waals surface area contributed by atoms with Gasteiger partial charge in [-0.25, -0.2) is 4.68 Å². The molecule has 0 radical (unpaired) electrons. The van der Waals surface area contributed by atoms with E-state index in [1.807, 2.05) is 43.5 Å². The zero-order valence-electron chi connectivity index (χ0n) is 12.6. The molecule has 6 heteroatoms. The van der Waals surface area contributed by atoms with Crippen molar-refractivity contribution in [1.82, 2.24) is 15.1 Å². The lowest BCUT2D eigenvalue weighted by Crippen LogP contribution is -2.34. The first-order valence-corrected chi connectivity index (χ1v) is 7.37. The van der Waals surface area contributed by atoms with Crippen molar-refractivity contribution in [2.24, 2.45) is 5.92 Å². The van der Waals surface area contributed by atoms with Gasteiger partial charge in [-0.3, -0.25) is 4.79 Å². The summed E-state index contributed by atoms with van der Waals surface area (Å²) >= 11 is 0. The number of benzene rings is 1. The van der Waals surface area contributed by atoms with Crippen molar-refractivity contribution in [2.45, 2.75) is 19.8 Å². The molecular formula is C16H21ClN4O. The number of carbonyl (C=O) groups is 1. The Hall–Kier alpha value is -1.85. The smallest absolute Gasteiger partial charge is 0.227 e. The summed E-state index contributed by atoms with van der Waals surface area (Å²) in [7, 11) is 0. The Morgan fingerprint density at radius 1 is 1.27 bits per heavy atom. The van der Waals surface area contributed by atoms with Gasteiger partial charge < -0.3 is 10.6 Å². The van der Waals surface area contributed by atoms with Gasteiger partial charge in [0.05, 0.1) is 17.1 Å². The third-order valence-corrected chi connectivity index (χ3v) is 3.84. The highest BCUT2D eigenvalue weighted by Gasteiger charge is 2.21. The first-order valence-electron chi connectivity index (χ1n) is 7.37. The molecule has 1 fully saturated rings. The number of amides is 1. The predicted molar refractivity (Wildman–Crippen MR) is 89.8 cm³/mol. The maximum absolute atomic E-state index is 12.4. The molecule has 0 bridgehead atoms. The lowest BCUT2D eigenvalue weighted by Gasteiger charge is -2.22. The molecule has 0 unspecified atom stereocenters.